The summed E-state index contributed by atoms with van der Waals surface area (Å²) in [7, 11) is -3.52. The van der Waals surface area contributed by atoms with Crippen molar-refractivity contribution in [3.05, 3.63) is 88.6 Å². The van der Waals surface area contributed by atoms with Crippen LogP contribution in [-0.4, -0.2) is 18.7 Å². The summed E-state index contributed by atoms with van der Waals surface area (Å²) in [5, 5.41) is 0. The summed E-state index contributed by atoms with van der Waals surface area (Å²) >= 11 is 0. The number of halogens is 1. The lowest BCUT2D eigenvalue weighted by atomic mass is 10.2. The molecule has 0 bridgehead atoms. The zero-order valence-electron chi connectivity index (χ0n) is 14.6. The molecule has 0 radical (unpaired) electrons. The Labute approximate surface area is 156 Å². The molecule has 0 saturated heterocycles. The Hall–Kier alpha value is -2.93. The summed E-state index contributed by atoms with van der Waals surface area (Å²) < 4.78 is 44.8. The van der Waals surface area contributed by atoms with Gasteiger partial charge >= 0.3 is 0 Å². The number of aromatic nitrogens is 1. The van der Waals surface area contributed by atoms with Gasteiger partial charge in [0.05, 0.1) is 16.3 Å². The van der Waals surface area contributed by atoms with Gasteiger partial charge in [-0.2, -0.15) is 0 Å². The second kappa shape index (κ2) is 7.75. The molecule has 0 aliphatic rings. The molecule has 0 aliphatic heterocycles. The van der Waals surface area contributed by atoms with E-state index in [1.54, 1.807) is 6.07 Å². The fourth-order valence-corrected chi connectivity index (χ4v) is 3.43. The third-order valence-corrected chi connectivity index (χ3v) is 5.79. The highest BCUT2D eigenvalue weighted by Gasteiger charge is 2.15. The highest BCUT2D eigenvalue weighted by Crippen LogP contribution is 2.19. The van der Waals surface area contributed by atoms with E-state index in [9.17, 15) is 17.6 Å². The maximum Gasteiger partial charge on any atom is 0.258 e. The van der Waals surface area contributed by atoms with Gasteiger partial charge < -0.3 is 4.74 Å². The van der Waals surface area contributed by atoms with E-state index in [2.05, 4.69) is 0 Å². The Morgan fingerprint density at radius 1 is 1.04 bits per heavy atom. The number of pyridine rings is 1. The predicted molar refractivity (Wildman–Crippen MR) is 100 cm³/mol. The first-order valence-electron chi connectivity index (χ1n) is 8.33. The summed E-state index contributed by atoms with van der Waals surface area (Å²) in [6, 6.07) is 15.8. The van der Waals surface area contributed by atoms with Crippen LogP contribution in [-0.2, 0) is 16.4 Å². The molecule has 0 fully saturated rings. The van der Waals surface area contributed by atoms with Crippen LogP contribution in [0.3, 0.4) is 0 Å². The minimum absolute atomic E-state index is 0.0235. The van der Waals surface area contributed by atoms with Crippen molar-refractivity contribution in [1.29, 1.82) is 0 Å². The molecule has 3 rings (SSSR count). The smallest absolute Gasteiger partial charge is 0.258 e. The lowest BCUT2D eigenvalue weighted by Crippen LogP contribution is -2.18. The predicted octanol–water partition coefficient (Wildman–Crippen LogP) is 3.35. The molecule has 7 heteroatoms. The molecule has 0 aliphatic carbocycles. The number of hydrogen-bond acceptors (Lipinski definition) is 4. The number of nitrogens with zero attached hydrogens (tertiary/aromatic N) is 1. The van der Waals surface area contributed by atoms with E-state index in [4.69, 9.17) is 4.74 Å². The molecule has 1 heterocycles. The van der Waals surface area contributed by atoms with E-state index < -0.39 is 21.2 Å². The molecule has 3 aromatic rings. The van der Waals surface area contributed by atoms with Gasteiger partial charge in [-0.1, -0.05) is 37.3 Å². The molecule has 2 aromatic carbocycles. The second-order valence-electron chi connectivity index (χ2n) is 5.86. The molecule has 5 nitrogen and oxygen atoms in total. The molecule has 0 amide bonds. The number of benzene rings is 2. The molecule has 0 atom stereocenters. The number of sulfone groups is 1. The summed E-state index contributed by atoms with van der Waals surface area (Å²) in [5.74, 6) is -0.547. The molecule has 0 unspecified atom stereocenters. The molecule has 0 saturated carbocycles. The van der Waals surface area contributed by atoms with Gasteiger partial charge in [0.15, 0.2) is 9.84 Å². The summed E-state index contributed by atoms with van der Waals surface area (Å²) in [6.07, 6.45) is 1.40. The maximum absolute atomic E-state index is 14.4. The average molecular weight is 387 g/mol. The van der Waals surface area contributed by atoms with Gasteiger partial charge in [0.1, 0.15) is 18.2 Å². The lowest BCUT2D eigenvalue weighted by Gasteiger charge is -2.11. The topological polar surface area (TPSA) is 65.4 Å². The van der Waals surface area contributed by atoms with Crippen molar-refractivity contribution in [2.24, 2.45) is 0 Å². The Morgan fingerprint density at radius 2 is 1.78 bits per heavy atom. The number of hydrogen-bond donors (Lipinski definition) is 0. The summed E-state index contributed by atoms with van der Waals surface area (Å²) in [6.45, 7) is 1.79. The second-order valence-corrected chi connectivity index (χ2v) is 8.14. The SMILES string of the molecule is CCS(=O)(=O)c1ccc(-n2ccc(OCc3ccccc3)cc2=O)c(F)c1. The van der Waals surface area contributed by atoms with Gasteiger partial charge in [-0.25, -0.2) is 12.8 Å². The van der Waals surface area contributed by atoms with Gasteiger partial charge in [-0.3, -0.25) is 9.36 Å². The first-order valence-corrected chi connectivity index (χ1v) is 9.98. The van der Waals surface area contributed by atoms with Gasteiger partial charge in [0, 0.05) is 12.3 Å². The average Bonchev–Trinajstić information content (AvgIpc) is 2.67. The van der Waals surface area contributed by atoms with Crippen molar-refractivity contribution >= 4 is 9.84 Å². The molecule has 140 valence electrons. The van der Waals surface area contributed by atoms with Crippen LogP contribution in [0.1, 0.15) is 12.5 Å². The van der Waals surface area contributed by atoms with Gasteiger partial charge in [-0.15, -0.1) is 0 Å². The third-order valence-electron chi connectivity index (χ3n) is 4.06. The van der Waals surface area contributed by atoms with Crippen molar-refractivity contribution < 1.29 is 17.5 Å². The van der Waals surface area contributed by atoms with E-state index in [-0.39, 0.29) is 16.3 Å². The Morgan fingerprint density at radius 3 is 2.41 bits per heavy atom. The minimum atomic E-state index is -3.52. The highest BCUT2D eigenvalue weighted by molar-refractivity contribution is 7.91. The molecular formula is C20H18FNO4S. The quantitative estimate of drug-likeness (QED) is 0.651. The standard InChI is InChI=1S/C20H18FNO4S/c1-2-27(24,25)17-8-9-19(18(21)13-17)22-11-10-16(12-20(22)23)26-14-15-6-4-3-5-7-15/h3-13H,2,14H2,1H3. The molecular weight excluding hydrogens is 369 g/mol. The van der Waals surface area contributed by atoms with Crippen molar-refractivity contribution in [1.82, 2.24) is 4.57 Å². The van der Waals surface area contributed by atoms with Crippen molar-refractivity contribution in [3.63, 3.8) is 0 Å². The largest absolute Gasteiger partial charge is 0.489 e. The first kappa shape index (κ1) is 18.8. The van der Waals surface area contributed by atoms with Crippen molar-refractivity contribution in [3.8, 4) is 11.4 Å². The molecule has 0 spiro atoms. The monoisotopic (exact) mass is 387 g/mol. The fraction of sp³-hybridized carbons (Fsp3) is 0.150. The van der Waals surface area contributed by atoms with Gasteiger partial charge in [-0.05, 0) is 29.8 Å². The lowest BCUT2D eigenvalue weighted by molar-refractivity contribution is 0.305. The maximum atomic E-state index is 14.4. The van der Waals surface area contributed by atoms with Gasteiger partial charge in [0.25, 0.3) is 5.56 Å². The summed E-state index contributed by atoms with van der Waals surface area (Å²) in [4.78, 5) is 12.2. The van der Waals surface area contributed by atoms with Crippen LogP contribution >= 0.6 is 0 Å². The third kappa shape index (κ3) is 4.25. The van der Waals surface area contributed by atoms with E-state index in [0.29, 0.717) is 12.4 Å². The van der Waals surface area contributed by atoms with Crippen LogP contribution in [0.15, 0.2) is 76.6 Å². The van der Waals surface area contributed by atoms with Crippen molar-refractivity contribution in [2.75, 3.05) is 5.75 Å². The van der Waals surface area contributed by atoms with Crippen LogP contribution in [0, 0.1) is 5.82 Å². The molecule has 27 heavy (non-hydrogen) atoms. The van der Waals surface area contributed by atoms with Crippen molar-refractivity contribution in [2.45, 2.75) is 18.4 Å². The van der Waals surface area contributed by atoms with Crippen LogP contribution in [0.5, 0.6) is 5.75 Å². The molecule has 0 N–H and O–H groups in total. The highest BCUT2D eigenvalue weighted by atomic mass is 32.2. The Bertz CT molecular complexity index is 1110. The Balaban J connectivity index is 1.85. The van der Waals surface area contributed by atoms with E-state index in [0.717, 1.165) is 16.2 Å². The zero-order valence-corrected chi connectivity index (χ0v) is 15.4. The van der Waals surface area contributed by atoms with E-state index in [1.165, 1.54) is 31.3 Å². The van der Waals surface area contributed by atoms with E-state index in [1.807, 2.05) is 30.3 Å². The fourth-order valence-electron chi connectivity index (χ4n) is 2.53. The number of rotatable bonds is 6. The van der Waals surface area contributed by atoms with Crippen LogP contribution in [0.4, 0.5) is 4.39 Å². The van der Waals surface area contributed by atoms with Gasteiger partial charge in [0.2, 0.25) is 0 Å². The first-order chi connectivity index (χ1) is 12.9. The number of ether oxygens (including phenoxy) is 1. The normalized spacial score (nSPS) is 11.3. The van der Waals surface area contributed by atoms with Crippen LogP contribution in [0.2, 0.25) is 0 Å². The minimum Gasteiger partial charge on any atom is -0.489 e. The zero-order chi connectivity index (χ0) is 19.4. The molecule has 1 aromatic heterocycles. The van der Waals surface area contributed by atoms with E-state index >= 15 is 0 Å². The van der Waals surface area contributed by atoms with Crippen LogP contribution in [0.25, 0.3) is 5.69 Å². The summed E-state index contributed by atoms with van der Waals surface area (Å²) in [5.41, 5.74) is 0.454. The van der Waals surface area contributed by atoms with Crippen LogP contribution < -0.4 is 10.3 Å². The Kier molecular flexibility index (Phi) is 5.41.